The molecule has 1 aromatic carbocycles. The van der Waals surface area contributed by atoms with Crippen LogP contribution in [0.25, 0.3) is 0 Å². The van der Waals surface area contributed by atoms with Crippen LogP contribution in [-0.4, -0.2) is 13.0 Å². The summed E-state index contributed by atoms with van der Waals surface area (Å²) in [5.74, 6) is 0. The van der Waals surface area contributed by atoms with Crippen molar-refractivity contribution in [3.05, 3.63) is 35.4 Å². The van der Waals surface area contributed by atoms with E-state index in [2.05, 4.69) is 0 Å². The van der Waals surface area contributed by atoms with Crippen molar-refractivity contribution >= 4 is 6.29 Å². The second kappa shape index (κ2) is 5.46. The van der Waals surface area contributed by atoms with Gasteiger partial charge in [0.2, 0.25) is 0 Å². The van der Waals surface area contributed by atoms with Gasteiger partial charge in [-0.15, -0.1) is 0 Å². The molecule has 1 rings (SSSR count). The van der Waals surface area contributed by atoms with E-state index in [0.29, 0.717) is 12.8 Å². The SMILES string of the molecule is O=CCCc1ccc(CCF)cc1. The van der Waals surface area contributed by atoms with Crippen LogP contribution in [0.2, 0.25) is 0 Å². The van der Waals surface area contributed by atoms with Gasteiger partial charge < -0.3 is 4.79 Å². The van der Waals surface area contributed by atoms with Gasteiger partial charge in [-0.25, -0.2) is 0 Å². The number of halogens is 1. The number of carbonyl (C=O) groups excluding carboxylic acids is 1. The largest absolute Gasteiger partial charge is 0.303 e. The third kappa shape index (κ3) is 3.36. The smallest absolute Gasteiger partial charge is 0.120 e. The topological polar surface area (TPSA) is 17.1 Å². The average Bonchev–Trinajstić information content (AvgIpc) is 2.17. The Hall–Kier alpha value is -1.18. The molecule has 0 radical (unpaired) electrons. The molecule has 13 heavy (non-hydrogen) atoms. The summed E-state index contributed by atoms with van der Waals surface area (Å²) in [5, 5.41) is 0. The van der Waals surface area contributed by atoms with Gasteiger partial charge in [-0.1, -0.05) is 24.3 Å². The number of alkyl halides is 1. The van der Waals surface area contributed by atoms with Crippen LogP contribution in [0.15, 0.2) is 24.3 Å². The highest BCUT2D eigenvalue weighted by Gasteiger charge is 1.94. The minimum Gasteiger partial charge on any atom is -0.303 e. The minimum atomic E-state index is -0.312. The average molecular weight is 180 g/mol. The molecule has 70 valence electrons. The standard InChI is InChI=1S/C11H13FO/c12-8-7-11-5-3-10(4-6-11)2-1-9-13/h3-6,9H,1-2,7-8H2. The molecule has 0 aliphatic rings. The monoisotopic (exact) mass is 180 g/mol. The van der Waals surface area contributed by atoms with Crippen molar-refractivity contribution in [3.63, 3.8) is 0 Å². The van der Waals surface area contributed by atoms with Gasteiger partial charge in [-0.05, 0) is 17.5 Å². The lowest BCUT2D eigenvalue weighted by molar-refractivity contribution is -0.107. The third-order valence-corrected chi connectivity index (χ3v) is 1.96. The second-order valence-corrected chi connectivity index (χ2v) is 2.96. The molecule has 0 spiro atoms. The Morgan fingerprint density at radius 1 is 1.08 bits per heavy atom. The molecule has 0 heterocycles. The maximum Gasteiger partial charge on any atom is 0.120 e. The molecular formula is C11H13FO. The summed E-state index contributed by atoms with van der Waals surface area (Å²) in [7, 11) is 0. The lowest BCUT2D eigenvalue weighted by atomic mass is 10.1. The van der Waals surface area contributed by atoms with Gasteiger partial charge in [0.05, 0.1) is 6.67 Å². The molecule has 0 fully saturated rings. The Labute approximate surface area is 77.6 Å². The summed E-state index contributed by atoms with van der Waals surface area (Å²) in [5.41, 5.74) is 2.15. The fourth-order valence-electron chi connectivity index (χ4n) is 1.21. The molecule has 0 bridgehead atoms. The summed E-state index contributed by atoms with van der Waals surface area (Å²) in [6.07, 6.45) is 2.73. The van der Waals surface area contributed by atoms with Crippen molar-refractivity contribution in [1.29, 1.82) is 0 Å². The van der Waals surface area contributed by atoms with Gasteiger partial charge in [0.1, 0.15) is 6.29 Å². The zero-order valence-electron chi connectivity index (χ0n) is 7.50. The first-order valence-corrected chi connectivity index (χ1v) is 4.44. The lowest BCUT2D eigenvalue weighted by Gasteiger charge is -2.00. The first-order chi connectivity index (χ1) is 6.36. The van der Waals surface area contributed by atoms with E-state index >= 15 is 0 Å². The number of benzene rings is 1. The van der Waals surface area contributed by atoms with Crippen molar-refractivity contribution < 1.29 is 9.18 Å². The van der Waals surface area contributed by atoms with Crippen LogP contribution in [0.1, 0.15) is 17.5 Å². The van der Waals surface area contributed by atoms with Gasteiger partial charge >= 0.3 is 0 Å². The van der Waals surface area contributed by atoms with Crippen LogP contribution >= 0.6 is 0 Å². The summed E-state index contributed by atoms with van der Waals surface area (Å²) in [4.78, 5) is 10.1. The van der Waals surface area contributed by atoms with E-state index < -0.39 is 0 Å². The zero-order valence-corrected chi connectivity index (χ0v) is 7.50. The summed E-state index contributed by atoms with van der Waals surface area (Å²) in [6, 6.07) is 7.74. The quantitative estimate of drug-likeness (QED) is 0.635. The molecule has 0 aliphatic carbocycles. The Bertz CT molecular complexity index is 253. The fraction of sp³-hybridized carbons (Fsp3) is 0.364. The van der Waals surface area contributed by atoms with E-state index in [0.717, 1.165) is 23.8 Å². The molecule has 0 aromatic heterocycles. The van der Waals surface area contributed by atoms with Gasteiger partial charge in [0, 0.05) is 12.8 Å². The van der Waals surface area contributed by atoms with Crippen LogP contribution in [-0.2, 0) is 17.6 Å². The number of rotatable bonds is 5. The Kier molecular flexibility index (Phi) is 4.16. The summed E-state index contributed by atoms with van der Waals surface area (Å²) >= 11 is 0. The van der Waals surface area contributed by atoms with Crippen LogP contribution in [0.4, 0.5) is 4.39 Å². The fourth-order valence-corrected chi connectivity index (χ4v) is 1.21. The predicted molar refractivity (Wildman–Crippen MR) is 50.5 cm³/mol. The maximum atomic E-state index is 11.9. The number of aldehydes is 1. The molecule has 0 aliphatic heterocycles. The molecule has 1 nitrogen and oxygen atoms in total. The molecule has 0 unspecified atom stereocenters. The number of hydrogen-bond donors (Lipinski definition) is 0. The van der Waals surface area contributed by atoms with E-state index in [1.807, 2.05) is 24.3 Å². The summed E-state index contributed by atoms with van der Waals surface area (Å²) in [6.45, 7) is -0.312. The lowest BCUT2D eigenvalue weighted by Crippen LogP contribution is -1.89. The van der Waals surface area contributed by atoms with Gasteiger partial charge in [-0.2, -0.15) is 0 Å². The van der Waals surface area contributed by atoms with E-state index in [1.54, 1.807) is 0 Å². The molecule has 0 saturated carbocycles. The zero-order chi connectivity index (χ0) is 9.52. The van der Waals surface area contributed by atoms with E-state index in [1.165, 1.54) is 0 Å². The molecule has 0 N–H and O–H groups in total. The number of aryl methyl sites for hydroxylation is 2. The molecule has 0 atom stereocenters. The Balaban J connectivity index is 2.53. The highest BCUT2D eigenvalue weighted by Crippen LogP contribution is 2.06. The van der Waals surface area contributed by atoms with Crippen molar-refractivity contribution in [2.24, 2.45) is 0 Å². The summed E-state index contributed by atoms with van der Waals surface area (Å²) < 4.78 is 11.9. The van der Waals surface area contributed by atoms with Crippen LogP contribution < -0.4 is 0 Å². The number of hydrogen-bond acceptors (Lipinski definition) is 1. The van der Waals surface area contributed by atoms with Crippen molar-refractivity contribution in [2.75, 3.05) is 6.67 Å². The predicted octanol–water partition coefficient (Wildman–Crippen LogP) is 2.33. The van der Waals surface area contributed by atoms with Crippen LogP contribution in [0, 0.1) is 0 Å². The highest BCUT2D eigenvalue weighted by molar-refractivity contribution is 5.50. The van der Waals surface area contributed by atoms with E-state index in [-0.39, 0.29) is 6.67 Å². The first-order valence-electron chi connectivity index (χ1n) is 4.44. The molecule has 2 heteroatoms. The maximum absolute atomic E-state index is 11.9. The number of carbonyl (C=O) groups is 1. The van der Waals surface area contributed by atoms with Gasteiger partial charge in [-0.3, -0.25) is 4.39 Å². The highest BCUT2D eigenvalue weighted by atomic mass is 19.1. The Morgan fingerprint density at radius 3 is 2.08 bits per heavy atom. The van der Waals surface area contributed by atoms with E-state index in [4.69, 9.17) is 0 Å². The normalized spacial score (nSPS) is 9.92. The molecular weight excluding hydrogens is 167 g/mol. The van der Waals surface area contributed by atoms with Gasteiger partial charge in [0.15, 0.2) is 0 Å². The van der Waals surface area contributed by atoms with Crippen molar-refractivity contribution in [3.8, 4) is 0 Å². The van der Waals surface area contributed by atoms with Crippen molar-refractivity contribution in [1.82, 2.24) is 0 Å². The van der Waals surface area contributed by atoms with Crippen LogP contribution in [0.3, 0.4) is 0 Å². The van der Waals surface area contributed by atoms with Crippen molar-refractivity contribution in [2.45, 2.75) is 19.3 Å². The molecule has 0 saturated heterocycles. The van der Waals surface area contributed by atoms with Crippen LogP contribution in [0.5, 0.6) is 0 Å². The molecule has 0 amide bonds. The third-order valence-electron chi connectivity index (χ3n) is 1.96. The first kappa shape index (κ1) is 9.90. The Morgan fingerprint density at radius 2 is 1.62 bits per heavy atom. The minimum absolute atomic E-state index is 0.312. The van der Waals surface area contributed by atoms with Gasteiger partial charge in [0.25, 0.3) is 0 Å². The second-order valence-electron chi connectivity index (χ2n) is 2.96. The van der Waals surface area contributed by atoms with E-state index in [9.17, 15) is 9.18 Å². The molecule has 1 aromatic rings.